The summed E-state index contributed by atoms with van der Waals surface area (Å²) in [5.41, 5.74) is 1.77. The van der Waals surface area contributed by atoms with Gasteiger partial charge in [0, 0.05) is 28.0 Å². The molecule has 1 N–H and O–H groups in total. The molecule has 3 heteroatoms. The lowest BCUT2D eigenvalue weighted by Gasteiger charge is -2.54. The van der Waals surface area contributed by atoms with Crippen molar-refractivity contribution >= 4 is 23.2 Å². The molecule has 1 nitrogen and oxygen atoms in total. The third-order valence-electron chi connectivity index (χ3n) is 4.85. The first-order valence-electron chi connectivity index (χ1n) is 7.83. The molecular weight excluding hydrogens is 301 g/mol. The van der Waals surface area contributed by atoms with Crippen LogP contribution in [0.15, 0.2) is 18.2 Å². The van der Waals surface area contributed by atoms with Gasteiger partial charge in [-0.1, -0.05) is 63.9 Å². The molecule has 1 aliphatic rings. The maximum atomic E-state index is 6.49. The number of hydrogen-bond donors (Lipinski definition) is 1. The molecule has 21 heavy (non-hydrogen) atoms. The van der Waals surface area contributed by atoms with E-state index in [0.29, 0.717) is 16.5 Å². The maximum Gasteiger partial charge on any atom is 0.0458 e. The third-order valence-corrected chi connectivity index (χ3v) is 5.40. The third kappa shape index (κ3) is 3.75. The molecule has 1 aromatic rings. The molecule has 1 aromatic carbocycles. The fourth-order valence-corrected chi connectivity index (χ4v) is 3.88. The minimum atomic E-state index is 0.157. The van der Waals surface area contributed by atoms with E-state index < -0.39 is 0 Å². The van der Waals surface area contributed by atoms with Gasteiger partial charge in [0.25, 0.3) is 0 Å². The second kappa shape index (κ2) is 6.10. The highest BCUT2D eigenvalue weighted by atomic mass is 35.5. The van der Waals surface area contributed by atoms with Gasteiger partial charge in [-0.05, 0) is 41.9 Å². The Balaban J connectivity index is 2.26. The molecule has 1 aliphatic carbocycles. The molecule has 0 heterocycles. The summed E-state index contributed by atoms with van der Waals surface area (Å²) < 4.78 is 0. The first-order chi connectivity index (χ1) is 9.64. The number of benzene rings is 1. The van der Waals surface area contributed by atoms with Gasteiger partial charge in [0.05, 0.1) is 0 Å². The van der Waals surface area contributed by atoms with Crippen molar-refractivity contribution in [1.29, 1.82) is 0 Å². The summed E-state index contributed by atoms with van der Waals surface area (Å²) in [6, 6.07) is 6.44. The van der Waals surface area contributed by atoms with Crippen LogP contribution < -0.4 is 5.32 Å². The summed E-state index contributed by atoms with van der Waals surface area (Å²) in [5, 5.41) is 5.13. The van der Waals surface area contributed by atoms with Crippen LogP contribution in [0, 0.1) is 11.3 Å². The smallest absolute Gasteiger partial charge is 0.0458 e. The molecule has 0 bridgehead atoms. The van der Waals surface area contributed by atoms with Gasteiger partial charge in [0.15, 0.2) is 0 Å². The zero-order valence-corrected chi connectivity index (χ0v) is 15.3. The molecule has 118 valence electrons. The van der Waals surface area contributed by atoms with E-state index in [9.17, 15) is 0 Å². The van der Waals surface area contributed by atoms with Gasteiger partial charge < -0.3 is 5.32 Å². The van der Waals surface area contributed by atoms with Crippen molar-refractivity contribution in [1.82, 2.24) is 5.32 Å². The van der Waals surface area contributed by atoms with E-state index in [1.807, 2.05) is 12.1 Å². The van der Waals surface area contributed by atoms with Gasteiger partial charge in [-0.25, -0.2) is 0 Å². The number of nitrogens with one attached hydrogen (secondary N) is 1. The van der Waals surface area contributed by atoms with E-state index in [0.717, 1.165) is 17.5 Å². The van der Waals surface area contributed by atoms with Gasteiger partial charge in [0.1, 0.15) is 0 Å². The largest absolute Gasteiger partial charge is 0.314 e. The molecule has 0 spiro atoms. The highest BCUT2D eigenvalue weighted by molar-refractivity contribution is 6.35. The molecule has 0 radical (unpaired) electrons. The monoisotopic (exact) mass is 327 g/mol. The Morgan fingerprint density at radius 2 is 1.86 bits per heavy atom. The lowest BCUT2D eigenvalue weighted by molar-refractivity contribution is 0.0438. The Morgan fingerprint density at radius 3 is 2.33 bits per heavy atom. The van der Waals surface area contributed by atoms with Crippen molar-refractivity contribution < 1.29 is 0 Å². The van der Waals surface area contributed by atoms with Crippen molar-refractivity contribution in [2.75, 3.05) is 6.54 Å². The first-order valence-corrected chi connectivity index (χ1v) is 8.58. The minimum Gasteiger partial charge on any atom is -0.314 e. The molecule has 0 unspecified atom stereocenters. The Kier molecular flexibility index (Phi) is 4.97. The van der Waals surface area contributed by atoms with Crippen LogP contribution in [-0.2, 0) is 5.41 Å². The minimum absolute atomic E-state index is 0.157. The summed E-state index contributed by atoms with van der Waals surface area (Å²) in [4.78, 5) is 0. The Morgan fingerprint density at radius 1 is 1.24 bits per heavy atom. The predicted octanol–water partition coefficient (Wildman–Crippen LogP) is 5.69. The summed E-state index contributed by atoms with van der Waals surface area (Å²) in [7, 11) is 0. The summed E-state index contributed by atoms with van der Waals surface area (Å²) >= 11 is 12.5. The molecule has 1 saturated carbocycles. The number of halogens is 2. The van der Waals surface area contributed by atoms with E-state index in [1.165, 1.54) is 18.4 Å². The van der Waals surface area contributed by atoms with Gasteiger partial charge in [-0.2, -0.15) is 0 Å². The van der Waals surface area contributed by atoms with Gasteiger partial charge in [0.2, 0.25) is 0 Å². The lowest BCUT2D eigenvalue weighted by Crippen LogP contribution is -2.53. The maximum absolute atomic E-state index is 6.49. The molecule has 0 amide bonds. The fraction of sp³-hybridized carbons (Fsp3) is 0.667. The van der Waals surface area contributed by atoms with Gasteiger partial charge >= 0.3 is 0 Å². The summed E-state index contributed by atoms with van der Waals surface area (Å²) in [6.45, 7) is 12.4. The number of hydrogen-bond acceptors (Lipinski definition) is 1. The predicted molar refractivity (Wildman–Crippen MR) is 93.5 cm³/mol. The number of rotatable bonds is 4. The van der Waals surface area contributed by atoms with Crippen molar-refractivity contribution in [3.05, 3.63) is 33.8 Å². The normalized spacial score (nSPS) is 26.0. The van der Waals surface area contributed by atoms with Crippen molar-refractivity contribution in [2.45, 2.75) is 58.9 Å². The van der Waals surface area contributed by atoms with E-state index in [1.54, 1.807) is 0 Å². The topological polar surface area (TPSA) is 12.0 Å². The van der Waals surface area contributed by atoms with Crippen molar-refractivity contribution in [2.24, 2.45) is 11.3 Å². The highest BCUT2D eigenvalue weighted by Gasteiger charge is 2.49. The lowest BCUT2D eigenvalue weighted by atomic mass is 9.52. The van der Waals surface area contributed by atoms with Crippen molar-refractivity contribution in [3.63, 3.8) is 0 Å². The average molecular weight is 328 g/mol. The Hall–Kier alpha value is -0.240. The fourth-order valence-electron chi connectivity index (χ4n) is 3.27. The molecule has 0 atom stereocenters. The van der Waals surface area contributed by atoms with E-state index >= 15 is 0 Å². The van der Waals surface area contributed by atoms with Gasteiger partial charge in [-0.15, -0.1) is 0 Å². The van der Waals surface area contributed by atoms with Crippen LogP contribution in [0.5, 0.6) is 0 Å². The summed E-state index contributed by atoms with van der Waals surface area (Å²) in [6.07, 6.45) is 2.38. The first kappa shape index (κ1) is 17.1. The van der Waals surface area contributed by atoms with Gasteiger partial charge in [-0.3, -0.25) is 0 Å². The standard InChI is InChI=1S/C18H27Cl2N/c1-12(2)21-11-18(9-13(10-18)17(3,4)5)15-7-6-14(19)8-16(15)20/h6-8,12-13,21H,9-11H2,1-5H3. The highest BCUT2D eigenvalue weighted by Crippen LogP contribution is 2.55. The summed E-state index contributed by atoms with van der Waals surface area (Å²) in [5.74, 6) is 0.748. The van der Waals surface area contributed by atoms with E-state index in [2.05, 4.69) is 46.0 Å². The van der Waals surface area contributed by atoms with E-state index in [4.69, 9.17) is 23.2 Å². The Bertz CT molecular complexity index is 496. The van der Waals surface area contributed by atoms with Crippen LogP contribution in [0.3, 0.4) is 0 Å². The van der Waals surface area contributed by atoms with Crippen LogP contribution in [0.2, 0.25) is 10.0 Å². The quantitative estimate of drug-likeness (QED) is 0.749. The van der Waals surface area contributed by atoms with Crippen LogP contribution in [-0.4, -0.2) is 12.6 Å². The zero-order chi connectivity index (χ0) is 15.8. The Labute approximate surface area is 139 Å². The van der Waals surface area contributed by atoms with Crippen LogP contribution in [0.1, 0.15) is 53.0 Å². The molecular formula is C18H27Cl2N. The molecule has 1 fully saturated rings. The molecule has 0 aliphatic heterocycles. The SMILES string of the molecule is CC(C)NCC1(c2ccc(Cl)cc2Cl)CC(C(C)(C)C)C1. The molecule has 2 rings (SSSR count). The zero-order valence-electron chi connectivity index (χ0n) is 13.8. The van der Waals surface area contributed by atoms with Crippen LogP contribution in [0.4, 0.5) is 0 Å². The second-order valence-electron chi connectivity index (χ2n) is 7.91. The average Bonchev–Trinajstić information content (AvgIpc) is 2.27. The van der Waals surface area contributed by atoms with E-state index in [-0.39, 0.29) is 5.41 Å². The van der Waals surface area contributed by atoms with Crippen LogP contribution >= 0.6 is 23.2 Å². The molecule has 0 saturated heterocycles. The van der Waals surface area contributed by atoms with Crippen molar-refractivity contribution in [3.8, 4) is 0 Å². The van der Waals surface area contributed by atoms with Crippen LogP contribution in [0.25, 0.3) is 0 Å². The molecule has 0 aromatic heterocycles. The second-order valence-corrected chi connectivity index (χ2v) is 8.75.